The van der Waals surface area contributed by atoms with Gasteiger partial charge in [0.25, 0.3) is 0 Å². The SMILES string of the molecule is CCCCCCCCOC(=O)c1cc(C)c(O)c(C)c1. The van der Waals surface area contributed by atoms with E-state index in [1.165, 1.54) is 25.7 Å². The van der Waals surface area contributed by atoms with Crippen LogP contribution in [0, 0.1) is 13.8 Å². The summed E-state index contributed by atoms with van der Waals surface area (Å²) in [4.78, 5) is 11.9. The summed E-state index contributed by atoms with van der Waals surface area (Å²) in [5, 5.41) is 9.68. The van der Waals surface area contributed by atoms with E-state index in [0.717, 1.165) is 12.8 Å². The van der Waals surface area contributed by atoms with Gasteiger partial charge in [-0.15, -0.1) is 0 Å². The molecule has 0 aliphatic rings. The van der Waals surface area contributed by atoms with Crippen LogP contribution in [0.4, 0.5) is 0 Å². The van der Waals surface area contributed by atoms with Gasteiger partial charge in [-0.05, 0) is 43.5 Å². The summed E-state index contributed by atoms with van der Waals surface area (Å²) in [5.41, 5.74) is 1.93. The van der Waals surface area contributed by atoms with Crippen LogP contribution in [0.5, 0.6) is 5.75 Å². The van der Waals surface area contributed by atoms with Crippen molar-refractivity contribution in [2.24, 2.45) is 0 Å². The average molecular weight is 278 g/mol. The van der Waals surface area contributed by atoms with Gasteiger partial charge in [0.05, 0.1) is 12.2 Å². The molecule has 1 rings (SSSR count). The first-order valence-electron chi connectivity index (χ1n) is 7.53. The van der Waals surface area contributed by atoms with Crippen LogP contribution in [0.1, 0.15) is 66.9 Å². The lowest BCUT2D eigenvalue weighted by molar-refractivity contribution is 0.0497. The molecule has 20 heavy (non-hydrogen) atoms. The molecule has 1 aromatic rings. The number of unbranched alkanes of at least 4 members (excludes halogenated alkanes) is 5. The summed E-state index contributed by atoms with van der Waals surface area (Å²) in [6.07, 6.45) is 7.04. The van der Waals surface area contributed by atoms with Gasteiger partial charge in [-0.1, -0.05) is 39.0 Å². The Kier molecular flexibility index (Phi) is 7.13. The Morgan fingerprint density at radius 1 is 1.05 bits per heavy atom. The Hall–Kier alpha value is -1.51. The van der Waals surface area contributed by atoms with Gasteiger partial charge in [0.15, 0.2) is 0 Å². The zero-order chi connectivity index (χ0) is 15.0. The van der Waals surface area contributed by atoms with Crippen LogP contribution in [0.3, 0.4) is 0 Å². The summed E-state index contributed by atoms with van der Waals surface area (Å²) in [5.74, 6) is -0.0535. The van der Waals surface area contributed by atoms with Crippen LogP contribution in [-0.2, 0) is 4.74 Å². The third-order valence-electron chi connectivity index (χ3n) is 3.46. The van der Waals surface area contributed by atoms with Crippen molar-refractivity contribution in [2.45, 2.75) is 59.3 Å². The Balaban J connectivity index is 2.33. The lowest BCUT2D eigenvalue weighted by atomic mass is 10.1. The highest BCUT2D eigenvalue weighted by Crippen LogP contribution is 2.23. The molecule has 1 aromatic carbocycles. The van der Waals surface area contributed by atoms with E-state index in [1.807, 2.05) is 0 Å². The summed E-state index contributed by atoms with van der Waals surface area (Å²) in [6.45, 7) is 6.24. The van der Waals surface area contributed by atoms with Crippen LogP contribution in [0.15, 0.2) is 12.1 Å². The first kappa shape index (κ1) is 16.5. The van der Waals surface area contributed by atoms with Gasteiger partial charge in [-0.3, -0.25) is 0 Å². The standard InChI is InChI=1S/C17H26O3/c1-4-5-6-7-8-9-10-20-17(19)15-11-13(2)16(18)14(3)12-15/h11-12,18H,4-10H2,1-3H3. The number of phenols is 1. The number of rotatable bonds is 8. The smallest absolute Gasteiger partial charge is 0.338 e. The fourth-order valence-corrected chi connectivity index (χ4v) is 2.20. The first-order valence-corrected chi connectivity index (χ1v) is 7.53. The minimum atomic E-state index is -0.301. The van der Waals surface area contributed by atoms with E-state index in [9.17, 15) is 9.90 Å². The molecule has 0 radical (unpaired) electrons. The van der Waals surface area contributed by atoms with Crippen molar-refractivity contribution in [1.29, 1.82) is 0 Å². The minimum absolute atomic E-state index is 0.248. The maximum Gasteiger partial charge on any atom is 0.338 e. The predicted octanol–water partition coefficient (Wildman–Crippen LogP) is 4.53. The summed E-state index contributed by atoms with van der Waals surface area (Å²) in [6, 6.07) is 3.35. The third kappa shape index (κ3) is 5.24. The first-order chi connectivity index (χ1) is 9.56. The molecular weight excluding hydrogens is 252 g/mol. The topological polar surface area (TPSA) is 46.5 Å². The Labute approximate surface area is 122 Å². The Bertz CT molecular complexity index is 415. The molecule has 0 aliphatic carbocycles. The molecule has 0 aliphatic heterocycles. The molecule has 0 spiro atoms. The minimum Gasteiger partial charge on any atom is -0.507 e. The molecule has 0 bridgehead atoms. The molecule has 1 N–H and O–H groups in total. The second-order valence-electron chi connectivity index (χ2n) is 5.36. The number of benzene rings is 1. The maximum atomic E-state index is 11.9. The number of carbonyl (C=O) groups excluding carboxylic acids is 1. The van der Waals surface area contributed by atoms with E-state index >= 15 is 0 Å². The second-order valence-corrected chi connectivity index (χ2v) is 5.36. The zero-order valence-electron chi connectivity index (χ0n) is 12.9. The monoisotopic (exact) mass is 278 g/mol. The van der Waals surface area contributed by atoms with Gasteiger partial charge in [0.1, 0.15) is 5.75 Å². The highest BCUT2D eigenvalue weighted by molar-refractivity contribution is 5.90. The van der Waals surface area contributed by atoms with Crippen molar-refractivity contribution < 1.29 is 14.6 Å². The van der Waals surface area contributed by atoms with Gasteiger partial charge in [-0.2, -0.15) is 0 Å². The van der Waals surface area contributed by atoms with E-state index in [4.69, 9.17) is 4.74 Å². The van der Waals surface area contributed by atoms with Crippen molar-refractivity contribution in [2.75, 3.05) is 6.61 Å². The molecule has 0 fully saturated rings. The van der Waals surface area contributed by atoms with Crippen LogP contribution in [0.2, 0.25) is 0 Å². The van der Waals surface area contributed by atoms with Gasteiger partial charge >= 0.3 is 5.97 Å². The number of aryl methyl sites for hydroxylation is 2. The summed E-state index contributed by atoms with van der Waals surface area (Å²) in [7, 11) is 0. The van der Waals surface area contributed by atoms with Gasteiger partial charge in [0, 0.05) is 0 Å². The van der Waals surface area contributed by atoms with Crippen LogP contribution >= 0.6 is 0 Å². The molecule has 0 saturated carbocycles. The van der Waals surface area contributed by atoms with Gasteiger partial charge in [-0.25, -0.2) is 4.79 Å². The normalized spacial score (nSPS) is 10.6. The molecule has 0 unspecified atom stereocenters. The molecule has 0 saturated heterocycles. The molecule has 0 amide bonds. The van der Waals surface area contributed by atoms with Crippen molar-refractivity contribution in [3.8, 4) is 5.75 Å². The number of esters is 1. The van der Waals surface area contributed by atoms with E-state index in [2.05, 4.69) is 6.92 Å². The number of aromatic hydroxyl groups is 1. The summed E-state index contributed by atoms with van der Waals surface area (Å²) < 4.78 is 5.26. The van der Waals surface area contributed by atoms with Crippen molar-refractivity contribution in [3.63, 3.8) is 0 Å². The maximum absolute atomic E-state index is 11.9. The van der Waals surface area contributed by atoms with E-state index in [0.29, 0.717) is 23.3 Å². The average Bonchev–Trinajstić information content (AvgIpc) is 2.43. The summed E-state index contributed by atoms with van der Waals surface area (Å²) >= 11 is 0. The molecule has 3 heteroatoms. The Morgan fingerprint density at radius 3 is 2.20 bits per heavy atom. The van der Waals surface area contributed by atoms with Gasteiger partial charge in [0.2, 0.25) is 0 Å². The van der Waals surface area contributed by atoms with Crippen molar-refractivity contribution in [1.82, 2.24) is 0 Å². The lowest BCUT2D eigenvalue weighted by Crippen LogP contribution is -2.07. The molecule has 0 aromatic heterocycles. The van der Waals surface area contributed by atoms with Gasteiger partial charge < -0.3 is 9.84 Å². The fraction of sp³-hybridized carbons (Fsp3) is 0.588. The third-order valence-corrected chi connectivity index (χ3v) is 3.46. The molecular formula is C17H26O3. The number of hydrogen-bond donors (Lipinski definition) is 1. The number of phenolic OH excluding ortho intramolecular Hbond substituents is 1. The number of ether oxygens (including phenoxy) is 1. The highest BCUT2D eigenvalue weighted by atomic mass is 16.5. The number of hydrogen-bond acceptors (Lipinski definition) is 3. The van der Waals surface area contributed by atoms with Crippen molar-refractivity contribution in [3.05, 3.63) is 28.8 Å². The molecule has 112 valence electrons. The molecule has 0 atom stereocenters. The van der Waals surface area contributed by atoms with Crippen LogP contribution in [0.25, 0.3) is 0 Å². The quantitative estimate of drug-likeness (QED) is 0.561. The van der Waals surface area contributed by atoms with Crippen LogP contribution < -0.4 is 0 Å². The second kappa shape index (κ2) is 8.62. The van der Waals surface area contributed by atoms with E-state index in [-0.39, 0.29) is 11.7 Å². The molecule has 3 nitrogen and oxygen atoms in total. The van der Waals surface area contributed by atoms with Crippen LogP contribution in [-0.4, -0.2) is 17.7 Å². The van der Waals surface area contributed by atoms with Crippen molar-refractivity contribution >= 4 is 5.97 Å². The largest absolute Gasteiger partial charge is 0.507 e. The highest BCUT2D eigenvalue weighted by Gasteiger charge is 2.11. The molecule has 0 heterocycles. The predicted molar refractivity (Wildman–Crippen MR) is 81.2 cm³/mol. The lowest BCUT2D eigenvalue weighted by Gasteiger charge is -2.08. The fourth-order valence-electron chi connectivity index (χ4n) is 2.20. The Morgan fingerprint density at radius 2 is 1.60 bits per heavy atom. The zero-order valence-corrected chi connectivity index (χ0v) is 12.9. The van der Waals surface area contributed by atoms with E-state index < -0.39 is 0 Å². The van der Waals surface area contributed by atoms with E-state index in [1.54, 1.807) is 26.0 Å². The number of carbonyl (C=O) groups is 1.